The summed E-state index contributed by atoms with van der Waals surface area (Å²) in [7, 11) is 0. The van der Waals surface area contributed by atoms with E-state index in [9.17, 15) is 14.7 Å². The number of carbonyl (C=O) groups is 2. The van der Waals surface area contributed by atoms with Crippen molar-refractivity contribution in [1.82, 2.24) is 4.98 Å². The molecule has 0 aliphatic carbocycles. The number of nitrogens with zero attached hydrogens (tertiary/aromatic N) is 1. The van der Waals surface area contributed by atoms with Crippen LogP contribution in [0, 0.1) is 0 Å². The minimum Gasteiger partial charge on any atom is -0.476 e. The van der Waals surface area contributed by atoms with Gasteiger partial charge >= 0.3 is 5.97 Å². The van der Waals surface area contributed by atoms with E-state index in [2.05, 4.69) is 4.98 Å². The molecule has 0 saturated carbocycles. The topological polar surface area (TPSA) is 67.3 Å². The molecule has 0 amide bonds. The van der Waals surface area contributed by atoms with E-state index in [1.165, 1.54) is 6.20 Å². The average Bonchev–Trinajstić information content (AvgIpc) is 2.88. The summed E-state index contributed by atoms with van der Waals surface area (Å²) in [6.07, 6.45) is 2.14. The lowest BCUT2D eigenvalue weighted by Crippen LogP contribution is -2.00. The van der Waals surface area contributed by atoms with Crippen molar-refractivity contribution in [3.63, 3.8) is 0 Å². The lowest BCUT2D eigenvalue weighted by atomic mass is 10.0. The third-order valence-corrected chi connectivity index (χ3v) is 4.58. The Morgan fingerprint density at radius 3 is 2.45 bits per heavy atom. The number of carboxylic acid groups (broad SMARTS) is 1. The summed E-state index contributed by atoms with van der Waals surface area (Å²) in [6.45, 7) is 0. The number of carboxylic acids is 1. The number of hydrogen-bond acceptors (Lipinski definition) is 4. The third kappa shape index (κ3) is 2.59. The van der Waals surface area contributed by atoms with Gasteiger partial charge in [0.1, 0.15) is 0 Å². The lowest BCUT2D eigenvalue weighted by molar-refractivity contribution is 0.0693. The molecule has 0 saturated heterocycles. The number of carbonyl (C=O) groups excluding carboxylic acids is 1. The van der Waals surface area contributed by atoms with Crippen LogP contribution >= 0.6 is 34.5 Å². The van der Waals surface area contributed by atoms with Gasteiger partial charge < -0.3 is 5.11 Å². The van der Waals surface area contributed by atoms with Crippen LogP contribution in [-0.4, -0.2) is 22.3 Å². The van der Waals surface area contributed by atoms with E-state index < -0.39 is 5.97 Å². The maximum absolute atomic E-state index is 11.3. The van der Waals surface area contributed by atoms with Crippen molar-refractivity contribution >= 4 is 56.9 Å². The first-order valence-electron chi connectivity index (χ1n) is 6.07. The summed E-state index contributed by atoms with van der Waals surface area (Å²) < 4.78 is 0.447. The van der Waals surface area contributed by atoms with Crippen molar-refractivity contribution in [2.75, 3.05) is 0 Å². The van der Waals surface area contributed by atoms with Crippen LogP contribution in [0.5, 0.6) is 0 Å². The van der Waals surface area contributed by atoms with Gasteiger partial charge in [-0.15, -0.1) is 11.3 Å². The molecule has 0 spiro atoms. The van der Waals surface area contributed by atoms with Gasteiger partial charge in [0.25, 0.3) is 0 Å². The number of aromatic carboxylic acids is 1. The second kappa shape index (κ2) is 5.68. The molecular weight excluding hydrogens is 345 g/mol. The zero-order valence-electron chi connectivity index (χ0n) is 10.8. The minimum absolute atomic E-state index is 0.0787. The average molecular weight is 352 g/mol. The lowest BCUT2D eigenvalue weighted by Gasteiger charge is -2.06. The van der Waals surface area contributed by atoms with Crippen LogP contribution in [0.15, 0.2) is 30.5 Å². The maximum atomic E-state index is 11.3. The van der Waals surface area contributed by atoms with E-state index in [1.807, 2.05) is 0 Å². The summed E-state index contributed by atoms with van der Waals surface area (Å²) in [6, 6.07) is 6.67. The molecule has 22 heavy (non-hydrogen) atoms. The fraction of sp³-hybridized carbons (Fsp3) is 0. The van der Waals surface area contributed by atoms with Crippen molar-refractivity contribution in [2.24, 2.45) is 0 Å². The van der Waals surface area contributed by atoms with Crippen LogP contribution < -0.4 is 0 Å². The van der Waals surface area contributed by atoms with Gasteiger partial charge in [0.05, 0.1) is 9.58 Å². The Kier molecular flexibility index (Phi) is 3.87. The zero-order chi connectivity index (χ0) is 15.9. The monoisotopic (exact) mass is 351 g/mol. The Morgan fingerprint density at radius 1 is 1.18 bits per heavy atom. The minimum atomic E-state index is -1.14. The summed E-state index contributed by atoms with van der Waals surface area (Å²) in [5.41, 5.74) is 1.31. The zero-order valence-corrected chi connectivity index (χ0v) is 13.2. The van der Waals surface area contributed by atoms with Crippen molar-refractivity contribution in [3.05, 3.63) is 51.1 Å². The molecule has 0 atom stereocenters. The molecule has 4 nitrogen and oxygen atoms in total. The molecular formula is C15H7Cl2NO3S. The predicted molar refractivity (Wildman–Crippen MR) is 87.4 cm³/mol. The van der Waals surface area contributed by atoms with Crippen molar-refractivity contribution < 1.29 is 14.7 Å². The van der Waals surface area contributed by atoms with Crippen LogP contribution in [0.4, 0.5) is 0 Å². The highest BCUT2D eigenvalue weighted by Gasteiger charge is 2.17. The third-order valence-electron chi connectivity index (χ3n) is 3.07. The van der Waals surface area contributed by atoms with E-state index in [0.717, 1.165) is 11.3 Å². The number of thiophene rings is 1. The molecule has 0 aliphatic rings. The highest BCUT2D eigenvalue weighted by molar-refractivity contribution is 7.21. The quantitative estimate of drug-likeness (QED) is 0.689. The first-order valence-corrected chi connectivity index (χ1v) is 7.64. The largest absolute Gasteiger partial charge is 0.476 e. The molecule has 2 heterocycles. The smallest absolute Gasteiger partial charge is 0.355 e. The molecule has 0 bridgehead atoms. The van der Waals surface area contributed by atoms with Gasteiger partial charge in [0.2, 0.25) is 0 Å². The van der Waals surface area contributed by atoms with Crippen LogP contribution in [-0.2, 0) is 0 Å². The molecule has 1 aromatic carbocycles. The van der Waals surface area contributed by atoms with Gasteiger partial charge in [-0.1, -0.05) is 23.2 Å². The van der Waals surface area contributed by atoms with E-state index in [0.29, 0.717) is 42.4 Å². The van der Waals surface area contributed by atoms with Crippen LogP contribution in [0.2, 0.25) is 10.0 Å². The van der Waals surface area contributed by atoms with Crippen LogP contribution in [0.3, 0.4) is 0 Å². The van der Waals surface area contributed by atoms with Crippen molar-refractivity contribution in [3.8, 4) is 11.1 Å². The number of aromatic nitrogens is 1. The first-order chi connectivity index (χ1) is 10.5. The molecule has 110 valence electrons. The summed E-state index contributed by atoms with van der Waals surface area (Å²) >= 11 is 13.1. The summed E-state index contributed by atoms with van der Waals surface area (Å²) in [5.74, 6) is -1.14. The molecule has 7 heteroatoms. The van der Waals surface area contributed by atoms with Crippen molar-refractivity contribution in [2.45, 2.75) is 0 Å². The molecule has 2 aromatic heterocycles. The normalized spacial score (nSPS) is 10.8. The van der Waals surface area contributed by atoms with E-state index in [-0.39, 0.29) is 5.69 Å². The Labute approximate surface area is 138 Å². The summed E-state index contributed by atoms with van der Waals surface area (Å²) in [4.78, 5) is 26.7. The fourth-order valence-electron chi connectivity index (χ4n) is 2.19. The standard InChI is InChI=1S/C15H7Cl2NO3S/c16-8-1-7(2-9(17)3-8)12-5-18-13(15(20)21)14-11(12)4-10(6-19)22-14/h1-6H,(H,20,21). The molecule has 3 aromatic rings. The number of fused-ring (bicyclic) bond motifs is 1. The second-order valence-corrected chi connectivity index (χ2v) is 6.45. The van der Waals surface area contributed by atoms with Crippen LogP contribution in [0.25, 0.3) is 21.2 Å². The fourth-order valence-corrected chi connectivity index (χ4v) is 3.70. The SMILES string of the molecule is O=Cc1cc2c(-c3cc(Cl)cc(Cl)c3)cnc(C(=O)O)c2s1. The highest BCUT2D eigenvalue weighted by Crippen LogP contribution is 2.36. The number of halogens is 2. The van der Waals surface area contributed by atoms with E-state index >= 15 is 0 Å². The van der Waals surface area contributed by atoms with Gasteiger partial charge in [0.15, 0.2) is 12.0 Å². The Bertz CT molecular complexity index is 900. The summed E-state index contributed by atoms with van der Waals surface area (Å²) in [5, 5.41) is 10.8. The molecule has 1 N–H and O–H groups in total. The number of benzene rings is 1. The highest BCUT2D eigenvalue weighted by atomic mass is 35.5. The molecule has 0 radical (unpaired) electrons. The Morgan fingerprint density at radius 2 is 1.86 bits per heavy atom. The number of aldehydes is 1. The number of hydrogen-bond donors (Lipinski definition) is 1. The van der Waals surface area contributed by atoms with Crippen molar-refractivity contribution in [1.29, 1.82) is 0 Å². The number of pyridine rings is 1. The molecule has 3 rings (SSSR count). The number of rotatable bonds is 3. The molecule has 0 unspecified atom stereocenters. The van der Waals surface area contributed by atoms with Crippen LogP contribution in [0.1, 0.15) is 20.2 Å². The van der Waals surface area contributed by atoms with Gasteiger partial charge in [0, 0.05) is 27.2 Å². The van der Waals surface area contributed by atoms with E-state index in [1.54, 1.807) is 24.3 Å². The predicted octanol–water partition coefficient (Wildman–Crippen LogP) is 4.78. The van der Waals surface area contributed by atoms with E-state index in [4.69, 9.17) is 23.2 Å². The second-order valence-electron chi connectivity index (χ2n) is 4.49. The van der Waals surface area contributed by atoms with Gasteiger partial charge in [-0.25, -0.2) is 9.78 Å². The van der Waals surface area contributed by atoms with Gasteiger partial charge in [-0.3, -0.25) is 4.79 Å². The van der Waals surface area contributed by atoms with Gasteiger partial charge in [-0.05, 0) is 29.8 Å². The Hall–Kier alpha value is -1.95. The molecule has 0 aliphatic heterocycles. The molecule has 0 fully saturated rings. The Balaban J connectivity index is 2.35. The van der Waals surface area contributed by atoms with Gasteiger partial charge in [-0.2, -0.15) is 0 Å². The first kappa shape index (κ1) is 15.0. The maximum Gasteiger partial charge on any atom is 0.355 e.